The summed E-state index contributed by atoms with van der Waals surface area (Å²) < 4.78 is 1.68. The minimum Gasteiger partial charge on any atom is -0.333 e. The summed E-state index contributed by atoms with van der Waals surface area (Å²) >= 11 is 1.15. The van der Waals surface area contributed by atoms with Crippen molar-refractivity contribution in [1.82, 2.24) is 25.0 Å². The number of hydrogen-bond acceptors (Lipinski definition) is 7. The zero-order valence-corrected chi connectivity index (χ0v) is 14.7. The lowest BCUT2D eigenvalue weighted by Crippen LogP contribution is -2.52. The van der Waals surface area contributed by atoms with Crippen molar-refractivity contribution in [3.63, 3.8) is 0 Å². The molecule has 2 aromatic rings. The fourth-order valence-corrected chi connectivity index (χ4v) is 3.50. The van der Waals surface area contributed by atoms with Crippen LogP contribution in [0.3, 0.4) is 0 Å². The number of carbonyl (C=O) groups is 1. The van der Waals surface area contributed by atoms with Crippen LogP contribution < -0.4 is 5.32 Å². The number of nitrogens with one attached hydrogen (secondary N) is 1. The largest absolute Gasteiger partial charge is 0.333 e. The summed E-state index contributed by atoms with van der Waals surface area (Å²) in [7, 11) is 1.76. The minimum absolute atomic E-state index is 0.0491. The predicted octanol–water partition coefficient (Wildman–Crippen LogP) is 1.31. The normalized spacial score (nSPS) is 17.5. The molecule has 9 nitrogen and oxygen atoms in total. The summed E-state index contributed by atoms with van der Waals surface area (Å²) in [6.07, 6.45) is 1.53. The van der Waals surface area contributed by atoms with Crippen molar-refractivity contribution in [2.75, 3.05) is 19.6 Å². The number of nitrogens with zero attached hydrogens (tertiary/aromatic N) is 5. The van der Waals surface area contributed by atoms with Crippen LogP contribution in [0, 0.1) is 10.1 Å². The maximum absolute atomic E-state index is 12.7. The zero-order chi connectivity index (χ0) is 18.0. The summed E-state index contributed by atoms with van der Waals surface area (Å²) in [5.41, 5.74) is 0.212. The van der Waals surface area contributed by atoms with Gasteiger partial charge in [-0.1, -0.05) is 0 Å². The van der Waals surface area contributed by atoms with E-state index in [9.17, 15) is 14.9 Å². The van der Waals surface area contributed by atoms with Crippen LogP contribution in [0.5, 0.6) is 0 Å². The Morgan fingerprint density at radius 1 is 1.48 bits per heavy atom. The molecule has 1 aromatic heterocycles. The van der Waals surface area contributed by atoms with Crippen molar-refractivity contribution in [3.8, 4) is 0 Å². The number of nitro benzene ring substituents is 1. The van der Waals surface area contributed by atoms with E-state index in [0.29, 0.717) is 28.7 Å². The number of aryl methyl sites for hydroxylation is 1. The lowest BCUT2D eigenvalue weighted by Gasteiger charge is -2.34. The molecular formula is C15H18N6O3S. The highest BCUT2D eigenvalue weighted by Gasteiger charge is 2.26. The molecule has 25 heavy (non-hydrogen) atoms. The van der Waals surface area contributed by atoms with Crippen molar-refractivity contribution >= 4 is 23.4 Å². The number of amides is 1. The average molecular weight is 362 g/mol. The molecule has 0 aliphatic carbocycles. The van der Waals surface area contributed by atoms with Gasteiger partial charge in [-0.05, 0) is 30.8 Å². The van der Waals surface area contributed by atoms with Gasteiger partial charge >= 0.3 is 0 Å². The van der Waals surface area contributed by atoms with Crippen molar-refractivity contribution in [1.29, 1.82) is 0 Å². The van der Waals surface area contributed by atoms with Crippen molar-refractivity contribution < 1.29 is 9.72 Å². The molecule has 0 spiro atoms. The smallest absolute Gasteiger partial charge is 0.284 e. The number of rotatable bonds is 4. The Morgan fingerprint density at radius 2 is 2.28 bits per heavy atom. The minimum atomic E-state index is -0.476. The maximum atomic E-state index is 12.7. The Hall–Kier alpha value is -2.46. The molecule has 1 amide bonds. The second-order valence-electron chi connectivity index (χ2n) is 5.82. The molecule has 1 aromatic carbocycles. The molecule has 132 valence electrons. The highest BCUT2D eigenvalue weighted by Crippen LogP contribution is 2.34. The van der Waals surface area contributed by atoms with Gasteiger partial charge in [-0.2, -0.15) is 0 Å². The van der Waals surface area contributed by atoms with Gasteiger partial charge in [0.25, 0.3) is 11.6 Å². The van der Waals surface area contributed by atoms with E-state index in [1.165, 1.54) is 12.4 Å². The summed E-state index contributed by atoms with van der Waals surface area (Å²) in [5, 5.41) is 22.9. The summed E-state index contributed by atoms with van der Waals surface area (Å²) in [6.45, 7) is 3.98. The summed E-state index contributed by atoms with van der Waals surface area (Å²) in [5.74, 6) is -0.188. The van der Waals surface area contributed by atoms with Crippen LogP contribution in [-0.2, 0) is 7.05 Å². The van der Waals surface area contributed by atoms with E-state index in [2.05, 4.69) is 15.5 Å². The van der Waals surface area contributed by atoms with Crippen LogP contribution in [0.2, 0.25) is 0 Å². The standard InChI is InChI=1S/C15H18N6O3S/c1-10-8-16-5-6-20(10)14(22)11-3-4-13(12(7-11)21(23)24)25-15-18-17-9-19(15)2/h3-4,7,9-10,16H,5-6,8H2,1-2H3/t10-/m1/s1. The number of nitro groups is 1. The Labute approximate surface area is 148 Å². The van der Waals surface area contributed by atoms with Gasteiger partial charge < -0.3 is 14.8 Å². The molecule has 0 unspecified atom stereocenters. The quantitative estimate of drug-likeness (QED) is 0.645. The molecule has 10 heteroatoms. The number of carbonyl (C=O) groups excluding carboxylic acids is 1. The van der Waals surface area contributed by atoms with Gasteiger partial charge in [-0.25, -0.2) is 0 Å². The van der Waals surface area contributed by atoms with Gasteiger partial charge in [0.05, 0.1) is 9.82 Å². The van der Waals surface area contributed by atoms with Crippen LogP contribution in [0.15, 0.2) is 34.6 Å². The van der Waals surface area contributed by atoms with E-state index >= 15 is 0 Å². The Morgan fingerprint density at radius 3 is 2.92 bits per heavy atom. The van der Waals surface area contributed by atoms with E-state index in [1.807, 2.05) is 6.92 Å². The van der Waals surface area contributed by atoms with Crippen molar-refractivity contribution in [2.45, 2.75) is 23.0 Å². The lowest BCUT2D eigenvalue weighted by atomic mass is 10.1. The first-order chi connectivity index (χ1) is 12.0. The van der Waals surface area contributed by atoms with Gasteiger partial charge in [0, 0.05) is 44.4 Å². The third-order valence-corrected chi connectivity index (χ3v) is 5.15. The number of piperazine rings is 1. The molecule has 0 saturated carbocycles. The van der Waals surface area contributed by atoms with Crippen LogP contribution in [-0.4, -0.2) is 56.2 Å². The van der Waals surface area contributed by atoms with E-state index in [0.717, 1.165) is 18.3 Å². The van der Waals surface area contributed by atoms with Crippen LogP contribution in [0.1, 0.15) is 17.3 Å². The molecule has 1 fully saturated rings. The molecule has 2 heterocycles. The Bertz CT molecular complexity index is 808. The number of hydrogen-bond donors (Lipinski definition) is 1. The maximum Gasteiger partial charge on any atom is 0.284 e. The van der Waals surface area contributed by atoms with E-state index in [1.54, 1.807) is 28.6 Å². The number of aromatic nitrogens is 3. The molecule has 1 aliphatic heterocycles. The topological polar surface area (TPSA) is 106 Å². The first-order valence-corrected chi connectivity index (χ1v) is 8.61. The van der Waals surface area contributed by atoms with Crippen LogP contribution >= 0.6 is 11.8 Å². The Balaban J connectivity index is 1.89. The molecule has 1 N–H and O–H groups in total. The average Bonchev–Trinajstić information content (AvgIpc) is 3.00. The van der Waals surface area contributed by atoms with Crippen LogP contribution in [0.4, 0.5) is 5.69 Å². The molecule has 0 bridgehead atoms. The van der Waals surface area contributed by atoms with Gasteiger partial charge in [0.15, 0.2) is 5.16 Å². The van der Waals surface area contributed by atoms with Gasteiger partial charge in [0.1, 0.15) is 6.33 Å². The highest BCUT2D eigenvalue weighted by atomic mass is 32.2. The molecule has 1 saturated heterocycles. The van der Waals surface area contributed by atoms with Crippen LogP contribution in [0.25, 0.3) is 0 Å². The van der Waals surface area contributed by atoms with E-state index in [4.69, 9.17) is 0 Å². The lowest BCUT2D eigenvalue weighted by molar-refractivity contribution is -0.387. The van der Waals surface area contributed by atoms with E-state index < -0.39 is 4.92 Å². The number of benzene rings is 1. The second kappa shape index (κ2) is 7.19. The molecule has 3 rings (SSSR count). The molecule has 0 radical (unpaired) electrons. The Kier molecular flexibility index (Phi) is 5.00. The van der Waals surface area contributed by atoms with Gasteiger partial charge in [0.2, 0.25) is 0 Å². The van der Waals surface area contributed by atoms with Crippen molar-refractivity contribution in [3.05, 3.63) is 40.2 Å². The fourth-order valence-electron chi connectivity index (χ4n) is 2.65. The van der Waals surface area contributed by atoms with Gasteiger partial charge in [-0.3, -0.25) is 14.9 Å². The van der Waals surface area contributed by atoms with Crippen molar-refractivity contribution in [2.24, 2.45) is 7.05 Å². The van der Waals surface area contributed by atoms with Gasteiger partial charge in [-0.15, -0.1) is 10.2 Å². The molecule has 1 atom stereocenters. The zero-order valence-electron chi connectivity index (χ0n) is 13.9. The monoisotopic (exact) mass is 362 g/mol. The second-order valence-corrected chi connectivity index (χ2v) is 6.83. The molecule has 1 aliphatic rings. The van der Waals surface area contributed by atoms with E-state index in [-0.39, 0.29) is 17.6 Å². The highest BCUT2D eigenvalue weighted by molar-refractivity contribution is 7.99. The third-order valence-electron chi connectivity index (χ3n) is 4.04. The predicted molar refractivity (Wildman–Crippen MR) is 91.6 cm³/mol. The first kappa shape index (κ1) is 17.4. The third kappa shape index (κ3) is 3.64. The fraction of sp³-hybridized carbons (Fsp3) is 0.400. The summed E-state index contributed by atoms with van der Waals surface area (Å²) in [6, 6.07) is 4.61. The SMILES string of the molecule is C[C@@H]1CNCCN1C(=O)c1ccc(Sc2nncn2C)c([N+](=O)[O-])c1. The first-order valence-electron chi connectivity index (χ1n) is 7.79. The molecular weight excluding hydrogens is 344 g/mol. The summed E-state index contributed by atoms with van der Waals surface area (Å²) in [4.78, 5) is 25.9.